The van der Waals surface area contributed by atoms with Gasteiger partial charge in [-0.15, -0.1) is 0 Å². The SMILES string of the molecule is CSCC[C@H](NC(=O)COc1ccc(C(C)(C)C)cc1)C(=O)[O-]. The summed E-state index contributed by atoms with van der Waals surface area (Å²) in [5, 5.41) is 13.4. The second kappa shape index (κ2) is 8.82. The molecule has 0 saturated carbocycles. The van der Waals surface area contributed by atoms with E-state index in [-0.39, 0.29) is 12.0 Å². The highest BCUT2D eigenvalue weighted by atomic mass is 32.2. The van der Waals surface area contributed by atoms with Crippen molar-refractivity contribution in [2.75, 3.05) is 18.6 Å². The first-order chi connectivity index (χ1) is 10.7. The minimum Gasteiger partial charge on any atom is -0.548 e. The molecule has 0 bridgehead atoms. The predicted octanol–water partition coefficient (Wildman–Crippen LogP) is 1.35. The van der Waals surface area contributed by atoms with Crippen molar-refractivity contribution >= 4 is 23.6 Å². The van der Waals surface area contributed by atoms with Gasteiger partial charge in [-0.05, 0) is 41.5 Å². The summed E-state index contributed by atoms with van der Waals surface area (Å²) >= 11 is 1.51. The first-order valence-corrected chi connectivity index (χ1v) is 8.86. The monoisotopic (exact) mass is 338 g/mol. The zero-order valence-corrected chi connectivity index (χ0v) is 14.9. The maximum absolute atomic E-state index is 11.8. The second-order valence-electron chi connectivity index (χ2n) is 6.28. The van der Waals surface area contributed by atoms with Crippen LogP contribution in [0.3, 0.4) is 0 Å². The van der Waals surface area contributed by atoms with E-state index in [1.165, 1.54) is 17.3 Å². The third kappa shape index (κ3) is 6.95. The standard InChI is InChI=1S/C17H25NO4S/c1-17(2,3)12-5-7-13(8-6-12)22-11-15(19)18-14(16(20)21)9-10-23-4/h5-8,14H,9-11H2,1-4H3,(H,18,19)(H,20,21)/p-1/t14-/m0/s1. The van der Waals surface area contributed by atoms with Gasteiger partial charge >= 0.3 is 0 Å². The molecular formula is C17H24NO4S-. The lowest BCUT2D eigenvalue weighted by Crippen LogP contribution is -2.49. The smallest absolute Gasteiger partial charge is 0.258 e. The van der Waals surface area contributed by atoms with E-state index >= 15 is 0 Å². The van der Waals surface area contributed by atoms with Crippen molar-refractivity contribution in [3.63, 3.8) is 0 Å². The van der Waals surface area contributed by atoms with Gasteiger partial charge in [-0.3, -0.25) is 4.79 Å². The molecule has 0 radical (unpaired) electrons. The van der Waals surface area contributed by atoms with Gasteiger partial charge in [0.2, 0.25) is 0 Å². The summed E-state index contributed by atoms with van der Waals surface area (Å²) < 4.78 is 5.39. The van der Waals surface area contributed by atoms with Gasteiger partial charge in [0, 0.05) is 0 Å². The molecule has 23 heavy (non-hydrogen) atoms. The average Bonchev–Trinajstić information content (AvgIpc) is 2.48. The molecule has 1 aromatic rings. The fraction of sp³-hybridized carbons (Fsp3) is 0.529. The van der Waals surface area contributed by atoms with Crippen molar-refractivity contribution in [3.8, 4) is 5.75 Å². The van der Waals surface area contributed by atoms with Crippen LogP contribution in [0, 0.1) is 0 Å². The zero-order valence-electron chi connectivity index (χ0n) is 14.0. The number of carboxylic acid groups (broad SMARTS) is 1. The summed E-state index contributed by atoms with van der Waals surface area (Å²) in [4.78, 5) is 22.8. The molecule has 1 rings (SSSR count). The maximum Gasteiger partial charge on any atom is 0.258 e. The van der Waals surface area contributed by atoms with Crippen molar-refractivity contribution < 1.29 is 19.4 Å². The number of aliphatic carboxylic acids is 1. The lowest BCUT2D eigenvalue weighted by molar-refractivity contribution is -0.308. The highest BCUT2D eigenvalue weighted by Gasteiger charge is 2.15. The summed E-state index contributed by atoms with van der Waals surface area (Å²) in [5.41, 5.74) is 1.22. The molecule has 1 atom stereocenters. The van der Waals surface area contributed by atoms with E-state index in [1.54, 1.807) is 12.1 Å². The molecular weight excluding hydrogens is 314 g/mol. The van der Waals surface area contributed by atoms with Gasteiger partial charge in [0.15, 0.2) is 6.61 Å². The second-order valence-corrected chi connectivity index (χ2v) is 7.27. The van der Waals surface area contributed by atoms with Crippen molar-refractivity contribution in [2.45, 2.75) is 38.6 Å². The number of amides is 1. The molecule has 0 aliphatic rings. The molecule has 0 aromatic heterocycles. The van der Waals surface area contributed by atoms with Gasteiger partial charge in [0.25, 0.3) is 5.91 Å². The van der Waals surface area contributed by atoms with E-state index in [9.17, 15) is 14.7 Å². The average molecular weight is 338 g/mol. The molecule has 128 valence electrons. The van der Waals surface area contributed by atoms with Crippen LogP contribution in [0.2, 0.25) is 0 Å². The predicted molar refractivity (Wildman–Crippen MR) is 90.6 cm³/mol. The molecule has 0 heterocycles. The number of ether oxygens (including phenoxy) is 1. The van der Waals surface area contributed by atoms with Gasteiger partial charge in [-0.25, -0.2) is 0 Å². The van der Waals surface area contributed by atoms with Crippen LogP contribution < -0.4 is 15.2 Å². The summed E-state index contributed by atoms with van der Waals surface area (Å²) in [7, 11) is 0. The number of carbonyl (C=O) groups is 2. The molecule has 1 aromatic carbocycles. The third-order valence-corrected chi connectivity index (χ3v) is 3.96. The van der Waals surface area contributed by atoms with E-state index in [4.69, 9.17) is 4.74 Å². The van der Waals surface area contributed by atoms with Gasteiger partial charge in [0.05, 0.1) is 12.0 Å². The number of hydrogen-bond donors (Lipinski definition) is 1. The molecule has 0 saturated heterocycles. The minimum absolute atomic E-state index is 0.0505. The summed E-state index contributed by atoms with van der Waals surface area (Å²) in [6, 6.07) is 6.53. The highest BCUT2D eigenvalue weighted by Crippen LogP contribution is 2.24. The van der Waals surface area contributed by atoms with Crippen molar-refractivity contribution in [1.29, 1.82) is 0 Å². The number of nitrogens with one attached hydrogen (secondary N) is 1. The Morgan fingerprint density at radius 2 is 1.87 bits per heavy atom. The van der Waals surface area contributed by atoms with Crippen LogP contribution in [-0.4, -0.2) is 36.5 Å². The molecule has 0 aliphatic carbocycles. The van der Waals surface area contributed by atoms with Crippen LogP contribution in [0.1, 0.15) is 32.8 Å². The molecule has 1 N–H and O–H groups in total. The number of carbonyl (C=O) groups excluding carboxylic acids is 2. The van der Waals surface area contributed by atoms with Crippen molar-refractivity contribution in [2.24, 2.45) is 0 Å². The topological polar surface area (TPSA) is 78.5 Å². The van der Waals surface area contributed by atoms with Crippen molar-refractivity contribution in [3.05, 3.63) is 29.8 Å². The van der Waals surface area contributed by atoms with Crippen LogP contribution in [0.15, 0.2) is 24.3 Å². The van der Waals surface area contributed by atoms with E-state index in [0.29, 0.717) is 17.9 Å². The Bertz CT molecular complexity index is 522. The summed E-state index contributed by atoms with van der Waals surface area (Å²) in [6.45, 7) is 6.12. The third-order valence-electron chi connectivity index (χ3n) is 3.32. The Kier molecular flexibility index (Phi) is 7.42. The molecule has 5 nitrogen and oxygen atoms in total. The number of hydrogen-bond acceptors (Lipinski definition) is 5. The van der Waals surface area contributed by atoms with E-state index in [0.717, 1.165) is 0 Å². The molecule has 0 unspecified atom stereocenters. The van der Waals surface area contributed by atoms with Crippen LogP contribution in [0.25, 0.3) is 0 Å². The molecule has 0 fully saturated rings. The van der Waals surface area contributed by atoms with Crippen LogP contribution in [-0.2, 0) is 15.0 Å². The minimum atomic E-state index is -1.28. The quantitative estimate of drug-likeness (QED) is 0.774. The lowest BCUT2D eigenvalue weighted by Gasteiger charge is -2.20. The largest absolute Gasteiger partial charge is 0.548 e. The van der Waals surface area contributed by atoms with Crippen LogP contribution >= 0.6 is 11.8 Å². The number of carboxylic acids is 1. The Morgan fingerprint density at radius 3 is 2.35 bits per heavy atom. The first-order valence-electron chi connectivity index (χ1n) is 7.46. The number of benzene rings is 1. The van der Waals surface area contributed by atoms with Gasteiger partial charge in [0.1, 0.15) is 5.75 Å². The normalized spacial score (nSPS) is 12.5. The van der Waals surface area contributed by atoms with Crippen LogP contribution in [0.4, 0.5) is 0 Å². The molecule has 0 spiro atoms. The lowest BCUT2D eigenvalue weighted by atomic mass is 9.87. The molecule has 0 aliphatic heterocycles. The van der Waals surface area contributed by atoms with Crippen molar-refractivity contribution in [1.82, 2.24) is 5.32 Å². The highest BCUT2D eigenvalue weighted by molar-refractivity contribution is 7.98. The first kappa shape index (κ1) is 19.4. The Morgan fingerprint density at radius 1 is 1.26 bits per heavy atom. The zero-order chi connectivity index (χ0) is 17.5. The fourth-order valence-electron chi connectivity index (χ4n) is 1.92. The number of rotatable bonds is 8. The number of thioether (sulfide) groups is 1. The van der Waals surface area contributed by atoms with Gasteiger partial charge in [-0.1, -0.05) is 32.9 Å². The Labute approximate surface area is 141 Å². The van der Waals surface area contributed by atoms with Crippen LogP contribution in [0.5, 0.6) is 5.75 Å². The van der Waals surface area contributed by atoms with E-state index < -0.39 is 17.9 Å². The van der Waals surface area contributed by atoms with Gasteiger partial charge < -0.3 is 20.0 Å². The van der Waals surface area contributed by atoms with Gasteiger partial charge in [-0.2, -0.15) is 11.8 Å². The summed E-state index contributed by atoms with van der Waals surface area (Å²) in [6.07, 6.45) is 2.20. The maximum atomic E-state index is 11.8. The Balaban J connectivity index is 2.50. The molecule has 6 heteroatoms. The summed E-state index contributed by atoms with van der Waals surface area (Å²) in [5.74, 6) is -0.544. The van der Waals surface area contributed by atoms with E-state index in [2.05, 4.69) is 26.1 Å². The molecule has 1 amide bonds. The van der Waals surface area contributed by atoms with E-state index in [1.807, 2.05) is 18.4 Å². The fourth-order valence-corrected chi connectivity index (χ4v) is 2.39. The Hall–Kier alpha value is -1.69.